The highest BCUT2D eigenvalue weighted by Crippen LogP contribution is 2.25. The number of sulfonamides is 1. The molecule has 0 radical (unpaired) electrons. The van der Waals surface area contributed by atoms with E-state index in [0.717, 1.165) is 15.4 Å². The van der Waals surface area contributed by atoms with Crippen molar-refractivity contribution in [2.24, 2.45) is 0 Å². The van der Waals surface area contributed by atoms with E-state index in [0.29, 0.717) is 11.4 Å². The van der Waals surface area contributed by atoms with Crippen molar-refractivity contribution in [1.29, 1.82) is 0 Å². The molecule has 1 unspecified atom stereocenters. The van der Waals surface area contributed by atoms with Crippen LogP contribution in [0.25, 0.3) is 0 Å². The molecule has 0 aromatic heterocycles. The summed E-state index contributed by atoms with van der Waals surface area (Å²) in [7, 11) is -1.03. The molecule has 3 rings (SSSR count). The Labute approximate surface area is 212 Å². The lowest BCUT2D eigenvalue weighted by molar-refractivity contribution is -0.139. The van der Waals surface area contributed by atoms with Gasteiger partial charge in [0.2, 0.25) is 11.8 Å². The molecule has 0 spiro atoms. The standard InChI is InChI=1S/C27H31N3O5S/c1-20-10-8-12-23(16-20)30(36(33,34)25-14-6-5-7-15-25)19-26(31)29(21(2)27(32)28-3)18-22-11-9-13-24(17-22)35-4/h5-17,21H,18-19H2,1-4H3,(H,28,32). The lowest BCUT2D eigenvalue weighted by Gasteiger charge is -2.32. The number of nitrogens with one attached hydrogen (secondary N) is 1. The van der Waals surface area contributed by atoms with Gasteiger partial charge >= 0.3 is 0 Å². The molecule has 3 aromatic carbocycles. The summed E-state index contributed by atoms with van der Waals surface area (Å²) in [6, 6.07) is 21.2. The molecule has 1 N–H and O–H groups in total. The Morgan fingerprint density at radius 1 is 0.972 bits per heavy atom. The summed E-state index contributed by atoms with van der Waals surface area (Å²) < 4.78 is 33.7. The van der Waals surface area contributed by atoms with Crippen molar-refractivity contribution in [3.05, 3.63) is 90.0 Å². The van der Waals surface area contributed by atoms with Crippen LogP contribution in [-0.2, 0) is 26.2 Å². The van der Waals surface area contributed by atoms with Crippen molar-refractivity contribution in [2.75, 3.05) is 25.0 Å². The van der Waals surface area contributed by atoms with Crippen molar-refractivity contribution >= 4 is 27.5 Å². The number of benzene rings is 3. The number of methoxy groups -OCH3 is 1. The van der Waals surface area contributed by atoms with Crippen LogP contribution in [0.1, 0.15) is 18.1 Å². The third-order valence-corrected chi connectivity index (χ3v) is 7.59. The molecule has 8 nitrogen and oxygen atoms in total. The molecule has 2 amide bonds. The minimum atomic E-state index is -4.07. The molecular weight excluding hydrogens is 478 g/mol. The third-order valence-electron chi connectivity index (χ3n) is 5.80. The monoisotopic (exact) mass is 509 g/mol. The topological polar surface area (TPSA) is 96.0 Å². The van der Waals surface area contributed by atoms with E-state index in [4.69, 9.17) is 4.74 Å². The Kier molecular flexibility index (Phi) is 8.71. The van der Waals surface area contributed by atoms with E-state index in [-0.39, 0.29) is 17.3 Å². The molecule has 0 bridgehead atoms. The van der Waals surface area contributed by atoms with Gasteiger partial charge in [0.15, 0.2) is 0 Å². The maximum atomic E-state index is 13.7. The van der Waals surface area contributed by atoms with Crippen LogP contribution in [0.2, 0.25) is 0 Å². The van der Waals surface area contributed by atoms with Gasteiger partial charge in [0.05, 0.1) is 17.7 Å². The van der Waals surface area contributed by atoms with Crippen LogP contribution in [0.15, 0.2) is 83.8 Å². The Morgan fingerprint density at radius 3 is 2.31 bits per heavy atom. The van der Waals surface area contributed by atoms with Crippen molar-refractivity contribution < 1.29 is 22.7 Å². The largest absolute Gasteiger partial charge is 0.497 e. The molecule has 0 saturated heterocycles. The van der Waals surface area contributed by atoms with Gasteiger partial charge in [-0.15, -0.1) is 0 Å². The summed E-state index contributed by atoms with van der Waals surface area (Å²) in [5, 5.41) is 2.57. The van der Waals surface area contributed by atoms with Crippen LogP contribution >= 0.6 is 0 Å². The van der Waals surface area contributed by atoms with Gasteiger partial charge in [0.1, 0.15) is 18.3 Å². The summed E-state index contributed by atoms with van der Waals surface area (Å²) in [4.78, 5) is 27.7. The van der Waals surface area contributed by atoms with Gasteiger partial charge in [-0.3, -0.25) is 13.9 Å². The number of aryl methyl sites for hydroxylation is 1. The minimum Gasteiger partial charge on any atom is -0.497 e. The molecule has 3 aromatic rings. The number of anilines is 1. The lowest BCUT2D eigenvalue weighted by atomic mass is 10.1. The Balaban J connectivity index is 2.02. The van der Waals surface area contributed by atoms with Crippen LogP contribution in [0, 0.1) is 6.92 Å². The van der Waals surface area contributed by atoms with Crippen LogP contribution in [0.4, 0.5) is 5.69 Å². The van der Waals surface area contributed by atoms with Crippen LogP contribution in [0.5, 0.6) is 5.75 Å². The second-order valence-corrected chi connectivity index (χ2v) is 10.2. The molecule has 0 aliphatic carbocycles. The van der Waals surface area contributed by atoms with Crippen molar-refractivity contribution in [1.82, 2.24) is 10.2 Å². The fourth-order valence-electron chi connectivity index (χ4n) is 3.79. The zero-order valence-corrected chi connectivity index (χ0v) is 21.7. The first-order valence-electron chi connectivity index (χ1n) is 11.5. The first-order chi connectivity index (χ1) is 17.2. The number of carbonyl (C=O) groups is 2. The van der Waals surface area contributed by atoms with Gasteiger partial charge in [0.25, 0.3) is 10.0 Å². The molecule has 190 valence electrons. The molecule has 36 heavy (non-hydrogen) atoms. The molecule has 0 heterocycles. The highest BCUT2D eigenvalue weighted by Gasteiger charge is 2.32. The molecular formula is C27H31N3O5S. The Bertz CT molecular complexity index is 1310. The fourth-order valence-corrected chi connectivity index (χ4v) is 5.22. The number of carbonyl (C=O) groups excluding carboxylic acids is 2. The van der Waals surface area contributed by atoms with E-state index in [2.05, 4.69) is 5.32 Å². The number of nitrogens with zero attached hydrogens (tertiary/aromatic N) is 2. The molecule has 0 aliphatic rings. The molecule has 9 heteroatoms. The lowest BCUT2D eigenvalue weighted by Crippen LogP contribution is -2.50. The van der Waals surface area contributed by atoms with Crippen LogP contribution in [-0.4, -0.2) is 51.9 Å². The number of ether oxygens (including phenoxy) is 1. The van der Waals surface area contributed by atoms with Gasteiger partial charge in [-0.1, -0.05) is 42.5 Å². The average molecular weight is 510 g/mol. The number of rotatable bonds is 10. The van der Waals surface area contributed by atoms with E-state index in [1.807, 2.05) is 19.1 Å². The smallest absolute Gasteiger partial charge is 0.264 e. The maximum absolute atomic E-state index is 13.7. The molecule has 0 saturated carbocycles. The van der Waals surface area contributed by atoms with Crippen LogP contribution in [0.3, 0.4) is 0 Å². The Morgan fingerprint density at radius 2 is 1.67 bits per heavy atom. The van der Waals surface area contributed by atoms with Gasteiger partial charge < -0.3 is 15.0 Å². The highest BCUT2D eigenvalue weighted by molar-refractivity contribution is 7.92. The normalized spacial score (nSPS) is 11.9. The number of hydrogen-bond acceptors (Lipinski definition) is 5. The Hall–Kier alpha value is -3.85. The fraction of sp³-hybridized carbons (Fsp3) is 0.259. The second-order valence-electron chi connectivity index (χ2n) is 8.33. The van der Waals surface area contributed by atoms with E-state index in [1.54, 1.807) is 68.6 Å². The molecule has 1 atom stereocenters. The summed E-state index contributed by atoms with van der Waals surface area (Å²) in [6.07, 6.45) is 0. The van der Waals surface area contributed by atoms with E-state index in [1.165, 1.54) is 24.1 Å². The summed E-state index contributed by atoms with van der Waals surface area (Å²) in [6.45, 7) is 3.07. The summed E-state index contributed by atoms with van der Waals surface area (Å²) in [5.41, 5.74) is 1.95. The predicted molar refractivity (Wildman–Crippen MR) is 139 cm³/mol. The van der Waals surface area contributed by atoms with Gasteiger partial charge in [-0.25, -0.2) is 8.42 Å². The SMILES string of the molecule is CNC(=O)C(C)N(Cc1cccc(OC)c1)C(=O)CN(c1cccc(C)c1)S(=O)(=O)c1ccccc1. The molecule has 0 aliphatic heterocycles. The van der Waals surface area contributed by atoms with Crippen molar-refractivity contribution in [3.8, 4) is 5.75 Å². The van der Waals surface area contributed by atoms with E-state index >= 15 is 0 Å². The zero-order valence-electron chi connectivity index (χ0n) is 20.8. The maximum Gasteiger partial charge on any atom is 0.264 e. The summed E-state index contributed by atoms with van der Waals surface area (Å²) >= 11 is 0. The average Bonchev–Trinajstić information content (AvgIpc) is 2.89. The number of likely N-dealkylation sites (N-methyl/N-ethyl adjacent to an activating group) is 1. The number of amides is 2. The zero-order chi connectivity index (χ0) is 26.3. The van der Waals surface area contributed by atoms with Crippen molar-refractivity contribution in [2.45, 2.75) is 31.3 Å². The minimum absolute atomic E-state index is 0.0676. The first kappa shape index (κ1) is 26.7. The second kappa shape index (κ2) is 11.7. The van der Waals surface area contributed by atoms with Gasteiger partial charge in [-0.2, -0.15) is 0 Å². The van der Waals surface area contributed by atoms with Gasteiger partial charge in [0, 0.05) is 13.6 Å². The van der Waals surface area contributed by atoms with Crippen molar-refractivity contribution in [3.63, 3.8) is 0 Å². The van der Waals surface area contributed by atoms with Crippen LogP contribution < -0.4 is 14.4 Å². The quantitative estimate of drug-likeness (QED) is 0.452. The third kappa shape index (κ3) is 6.23. The first-order valence-corrected chi connectivity index (χ1v) is 12.9. The van der Waals surface area contributed by atoms with E-state index in [9.17, 15) is 18.0 Å². The molecule has 0 fully saturated rings. The predicted octanol–water partition coefficient (Wildman–Crippen LogP) is 3.36. The van der Waals surface area contributed by atoms with E-state index < -0.39 is 28.5 Å². The summed E-state index contributed by atoms with van der Waals surface area (Å²) in [5.74, 6) is -0.269. The highest BCUT2D eigenvalue weighted by atomic mass is 32.2. The number of hydrogen-bond donors (Lipinski definition) is 1. The van der Waals surface area contributed by atoms with Gasteiger partial charge in [-0.05, 0) is 61.4 Å².